The van der Waals surface area contributed by atoms with Gasteiger partial charge in [0.1, 0.15) is 5.82 Å². The van der Waals surface area contributed by atoms with Crippen LogP contribution in [0.15, 0.2) is 24.3 Å². The lowest BCUT2D eigenvalue weighted by Crippen LogP contribution is -2.44. The van der Waals surface area contributed by atoms with Gasteiger partial charge in [-0.15, -0.1) is 0 Å². The first-order valence-electron chi connectivity index (χ1n) is 7.43. The van der Waals surface area contributed by atoms with E-state index in [-0.39, 0.29) is 5.82 Å². The molecule has 0 N–H and O–H groups in total. The van der Waals surface area contributed by atoms with Gasteiger partial charge >= 0.3 is 0 Å². The molecule has 1 heterocycles. The van der Waals surface area contributed by atoms with Crippen molar-refractivity contribution in [1.29, 1.82) is 0 Å². The van der Waals surface area contributed by atoms with Gasteiger partial charge in [0.05, 0.1) is 0 Å². The summed E-state index contributed by atoms with van der Waals surface area (Å²) in [6, 6.07) is 7.65. The molecular weight excluding hydrogens is 239 g/mol. The van der Waals surface area contributed by atoms with Gasteiger partial charge in [0.25, 0.3) is 0 Å². The normalized spacial score (nSPS) is 18.1. The van der Waals surface area contributed by atoms with Crippen LogP contribution in [0, 0.1) is 5.82 Å². The molecule has 0 radical (unpaired) electrons. The van der Waals surface area contributed by atoms with Crippen molar-refractivity contribution < 1.29 is 4.39 Å². The summed E-state index contributed by atoms with van der Waals surface area (Å²) in [7, 11) is 0. The van der Waals surface area contributed by atoms with E-state index in [1.165, 1.54) is 18.4 Å². The minimum absolute atomic E-state index is 0.149. The number of halogens is 1. The van der Waals surface area contributed by atoms with Crippen molar-refractivity contribution in [2.75, 3.05) is 26.2 Å². The first-order valence-corrected chi connectivity index (χ1v) is 7.43. The lowest BCUT2D eigenvalue weighted by Gasteiger charge is -2.37. The SMILES string of the molecule is CCN(CC)C1CCN(Cc2ccc(F)cc2)CC1. The third-order valence-corrected chi connectivity index (χ3v) is 4.21. The molecule has 0 atom stereocenters. The van der Waals surface area contributed by atoms with Gasteiger partial charge in [-0.1, -0.05) is 26.0 Å². The largest absolute Gasteiger partial charge is 0.301 e. The Morgan fingerprint density at radius 3 is 2.21 bits per heavy atom. The van der Waals surface area contributed by atoms with Crippen molar-refractivity contribution in [1.82, 2.24) is 9.80 Å². The Hall–Kier alpha value is -0.930. The predicted octanol–water partition coefficient (Wildman–Crippen LogP) is 3.13. The molecule has 1 aromatic rings. The van der Waals surface area contributed by atoms with Crippen molar-refractivity contribution in [3.8, 4) is 0 Å². The van der Waals surface area contributed by atoms with Crippen molar-refractivity contribution in [2.24, 2.45) is 0 Å². The highest BCUT2D eigenvalue weighted by Crippen LogP contribution is 2.18. The number of hydrogen-bond donors (Lipinski definition) is 0. The zero-order valence-electron chi connectivity index (χ0n) is 12.1. The van der Waals surface area contributed by atoms with Crippen molar-refractivity contribution >= 4 is 0 Å². The molecule has 1 aromatic carbocycles. The molecule has 0 aliphatic carbocycles. The fourth-order valence-electron chi connectivity index (χ4n) is 3.03. The van der Waals surface area contributed by atoms with Gasteiger partial charge < -0.3 is 4.90 Å². The zero-order valence-corrected chi connectivity index (χ0v) is 12.1. The zero-order chi connectivity index (χ0) is 13.7. The summed E-state index contributed by atoms with van der Waals surface area (Å²) in [6.07, 6.45) is 2.51. The molecule has 2 nitrogen and oxygen atoms in total. The Labute approximate surface area is 116 Å². The monoisotopic (exact) mass is 264 g/mol. The van der Waals surface area contributed by atoms with Crippen LogP contribution < -0.4 is 0 Å². The number of nitrogens with zero attached hydrogens (tertiary/aromatic N) is 2. The summed E-state index contributed by atoms with van der Waals surface area (Å²) in [5.74, 6) is -0.149. The van der Waals surface area contributed by atoms with E-state index in [0.717, 1.165) is 38.8 Å². The number of hydrogen-bond acceptors (Lipinski definition) is 2. The smallest absolute Gasteiger partial charge is 0.123 e. The fourth-order valence-corrected chi connectivity index (χ4v) is 3.03. The first-order chi connectivity index (χ1) is 9.22. The van der Waals surface area contributed by atoms with Crippen LogP contribution in [0.3, 0.4) is 0 Å². The van der Waals surface area contributed by atoms with Crippen LogP contribution in [-0.2, 0) is 6.54 Å². The minimum atomic E-state index is -0.149. The number of rotatable bonds is 5. The lowest BCUT2D eigenvalue weighted by atomic mass is 10.0. The molecule has 1 fully saturated rings. The van der Waals surface area contributed by atoms with E-state index in [2.05, 4.69) is 23.6 Å². The molecule has 0 aromatic heterocycles. The molecule has 0 bridgehead atoms. The molecule has 106 valence electrons. The van der Waals surface area contributed by atoms with E-state index < -0.39 is 0 Å². The van der Waals surface area contributed by atoms with E-state index >= 15 is 0 Å². The van der Waals surface area contributed by atoms with Crippen LogP contribution in [0.25, 0.3) is 0 Å². The van der Waals surface area contributed by atoms with Crippen LogP contribution in [0.1, 0.15) is 32.3 Å². The predicted molar refractivity (Wildman–Crippen MR) is 77.6 cm³/mol. The van der Waals surface area contributed by atoms with E-state index in [0.29, 0.717) is 0 Å². The van der Waals surface area contributed by atoms with Gasteiger partial charge in [-0.25, -0.2) is 4.39 Å². The maximum atomic E-state index is 12.9. The van der Waals surface area contributed by atoms with Crippen LogP contribution in [0.4, 0.5) is 4.39 Å². The number of benzene rings is 1. The molecule has 0 spiro atoms. The molecule has 0 unspecified atom stereocenters. The second-order valence-corrected chi connectivity index (χ2v) is 5.35. The van der Waals surface area contributed by atoms with Gasteiger partial charge in [0.2, 0.25) is 0 Å². The van der Waals surface area contributed by atoms with E-state index in [1.54, 1.807) is 12.1 Å². The highest BCUT2D eigenvalue weighted by molar-refractivity contribution is 5.15. The quantitative estimate of drug-likeness (QED) is 0.806. The molecule has 1 aliphatic heterocycles. The van der Waals surface area contributed by atoms with Crippen LogP contribution in [0.5, 0.6) is 0 Å². The summed E-state index contributed by atoms with van der Waals surface area (Å²) in [6.45, 7) is 10.0. The Bertz CT molecular complexity index is 365. The highest BCUT2D eigenvalue weighted by atomic mass is 19.1. The van der Waals surface area contributed by atoms with Gasteiger partial charge in [0, 0.05) is 12.6 Å². The van der Waals surface area contributed by atoms with Crippen molar-refractivity contribution in [3.63, 3.8) is 0 Å². The van der Waals surface area contributed by atoms with E-state index in [1.807, 2.05) is 12.1 Å². The van der Waals surface area contributed by atoms with Crippen molar-refractivity contribution in [3.05, 3.63) is 35.6 Å². The molecule has 0 saturated carbocycles. The summed E-state index contributed by atoms with van der Waals surface area (Å²) in [5.41, 5.74) is 1.21. The second kappa shape index (κ2) is 7.01. The van der Waals surface area contributed by atoms with Crippen LogP contribution >= 0.6 is 0 Å². The van der Waals surface area contributed by atoms with E-state index in [4.69, 9.17) is 0 Å². The Kier molecular flexibility index (Phi) is 5.34. The molecule has 0 amide bonds. The minimum Gasteiger partial charge on any atom is -0.301 e. The standard InChI is InChI=1S/C16H25FN2/c1-3-19(4-2)16-9-11-18(12-10-16)13-14-5-7-15(17)8-6-14/h5-8,16H,3-4,9-13H2,1-2H3. The first kappa shape index (κ1) is 14.5. The van der Waals surface area contributed by atoms with E-state index in [9.17, 15) is 4.39 Å². The molecule has 1 saturated heterocycles. The van der Waals surface area contributed by atoms with Crippen molar-refractivity contribution in [2.45, 2.75) is 39.3 Å². The summed E-state index contributed by atoms with van der Waals surface area (Å²) in [5, 5.41) is 0. The Morgan fingerprint density at radius 2 is 1.68 bits per heavy atom. The Morgan fingerprint density at radius 1 is 1.11 bits per heavy atom. The lowest BCUT2D eigenvalue weighted by molar-refractivity contribution is 0.113. The maximum Gasteiger partial charge on any atom is 0.123 e. The maximum absolute atomic E-state index is 12.9. The average molecular weight is 264 g/mol. The van der Waals surface area contributed by atoms with Gasteiger partial charge in [-0.3, -0.25) is 4.90 Å². The topological polar surface area (TPSA) is 6.48 Å². The number of piperidine rings is 1. The molecule has 3 heteroatoms. The van der Waals surface area contributed by atoms with Gasteiger partial charge in [0.15, 0.2) is 0 Å². The van der Waals surface area contributed by atoms with Gasteiger partial charge in [-0.2, -0.15) is 0 Å². The molecular formula is C16H25FN2. The second-order valence-electron chi connectivity index (χ2n) is 5.35. The third-order valence-electron chi connectivity index (χ3n) is 4.21. The molecule has 2 rings (SSSR count). The molecule has 19 heavy (non-hydrogen) atoms. The third kappa shape index (κ3) is 4.02. The highest BCUT2D eigenvalue weighted by Gasteiger charge is 2.22. The fraction of sp³-hybridized carbons (Fsp3) is 0.625. The van der Waals surface area contributed by atoms with Crippen LogP contribution in [-0.4, -0.2) is 42.0 Å². The summed E-state index contributed by atoms with van der Waals surface area (Å²) < 4.78 is 12.9. The number of likely N-dealkylation sites (tertiary alicyclic amines) is 1. The van der Waals surface area contributed by atoms with Gasteiger partial charge in [-0.05, 0) is 56.7 Å². The summed E-state index contributed by atoms with van der Waals surface area (Å²) in [4.78, 5) is 5.04. The molecule has 1 aliphatic rings. The van der Waals surface area contributed by atoms with Crippen LogP contribution in [0.2, 0.25) is 0 Å². The Balaban J connectivity index is 1.81. The summed E-state index contributed by atoms with van der Waals surface area (Å²) >= 11 is 0. The average Bonchev–Trinajstić information content (AvgIpc) is 2.44.